The number of rotatable bonds is 6. The van der Waals surface area contributed by atoms with Gasteiger partial charge in [-0.05, 0) is 29.5 Å². The fraction of sp³-hybridized carbons (Fsp3) is 0.500. The lowest BCUT2D eigenvalue weighted by Gasteiger charge is -2.27. The predicted molar refractivity (Wildman–Crippen MR) is 98.0 cm³/mol. The molecule has 1 aromatic heterocycles. The fourth-order valence-electron chi connectivity index (χ4n) is 3.45. The number of benzene rings is 1. The molecule has 144 valence electrons. The van der Waals surface area contributed by atoms with Crippen LogP contribution in [0.3, 0.4) is 0 Å². The molecule has 2 aliphatic heterocycles. The molecule has 1 atom stereocenters. The number of hydrogen-bond acceptors (Lipinski definition) is 7. The van der Waals surface area contributed by atoms with Crippen LogP contribution in [-0.2, 0) is 13.1 Å². The SMILES string of the molecule is CC1(COc2cccc(CN3CCNCC3)c2)Cn2cc([N+](=O)[O-])nc2O1. The summed E-state index contributed by atoms with van der Waals surface area (Å²) in [7, 11) is 0. The minimum absolute atomic E-state index is 0.200. The molecule has 1 unspecified atom stereocenters. The zero-order valence-corrected chi connectivity index (χ0v) is 15.3. The van der Waals surface area contributed by atoms with Crippen LogP contribution in [0.1, 0.15) is 12.5 Å². The molecule has 0 aliphatic carbocycles. The molecule has 1 N–H and O–H groups in total. The van der Waals surface area contributed by atoms with E-state index in [4.69, 9.17) is 9.47 Å². The van der Waals surface area contributed by atoms with E-state index in [0.717, 1.165) is 38.5 Å². The number of fused-ring (bicyclic) bond motifs is 1. The van der Waals surface area contributed by atoms with Gasteiger partial charge < -0.3 is 24.9 Å². The Balaban J connectivity index is 1.35. The molecule has 4 rings (SSSR count). The zero-order chi connectivity index (χ0) is 18.9. The Morgan fingerprint density at radius 2 is 2.22 bits per heavy atom. The highest BCUT2D eigenvalue weighted by atomic mass is 16.6. The minimum atomic E-state index is -0.605. The summed E-state index contributed by atoms with van der Waals surface area (Å²) in [4.78, 5) is 16.6. The van der Waals surface area contributed by atoms with E-state index in [9.17, 15) is 10.1 Å². The fourth-order valence-corrected chi connectivity index (χ4v) is 3.45. The summed E-state index contributed by atoms with van der Waals surface area (Å²) in [5.41, 5.74) is 0.613. The van der Waals surface area contributed by atoms with Gasteiger partial charge >= 0.3 is 11.8 Å². The molecule has 9 nitrogen and oxygen atoms in total. The molecule has 27 heavy (non-hydrogen) atoms. The van der Waals surface area contributed by atoms with Crippen molar-refractivity contribution >= 4 is 5.82 Å². The van der Waals surface area contributed by atoms with E-state index in [1.807, 2.05) is 19.1 Å². The topological polar surface area (TPSA) is 94.7 Å². The number of nitrogens with one attached hydrogen (secondary N) is 1. The van der Waals surface area contributed by atoms with Gasteiger partial charge in [-0.15, -0.1) is 0 Å². The zero-order valence-electron chi connectivity index (χ0n) is 15.3. The maximum absolute atomic E-state index is 10.8. The maximum atomic E-state index is 10.8. The average Bonchev–Trinajstić information content (AvgIpc) is 3.17. The van der Waals surface area contributed by atoms with Crippen molar-refractivity contribution in [2.75, 3.05) is 32.8 Å². The van der Waals surface area contributed by atoms with Crippen molar-refractivity contribution in [3.8, 4) is 11.8 Å². The molecule has 1 saturated heterocycles. The lowest BCUT2D eigenvalue weighted by Crippen LogP contribution is -2.42. The summed E-state index contributed by atoms with van der Waals surface area (Å²) in [6.07, 6.45) is 1.40. The summed E-state index contributed by atoms with van der Waals surface area (Å²) in [6, 6.07) is 8.36. The van der Waals surface area contributed by atoms with Crippen LogP contribution in [0.4, 0.5) is 5.82 Å². The highest BCUT2D eigenvalue weighted by Gasteiger charge is 2.41. The summed E-state index contributed by atoms with van der Waals surface area (Å²) in [6.45, 7) is 7.77. The van der Waals surface area contributed by atoms with Crippen molar-refractivity contribution in [3.63, 3.8) is 0 Å². The number of piperazine rings is 1. The van der Waals surface area contributed by atoms with E-state index in [1.165, 1.54) is 11.8 Å². The van der Waals surface area contributed by atoms with Crippen molar-refractivity contribution in [1.82, 2.24) is 19.8 Å². The van der Waals surface area contributed by atoms with Gasteiger partial charge in [0.1, 0.15) is 18.6 Å². The number of ether oxygens (including phenoxy) is 2. The van der Waals surface area contributed by atoms with Crippen LogP contribution >= 0.6 is 0 Å². The second kappa shape index (κ2) is 7.16. The van der Waals surface area contributed by atoms with Gasteiger partial charge in [-0.2, -0.15) is 0 Å². The van der Waals surface area contributed by atoms with E-state index in [0.29, 0.717) is 13.2 Å². The Morgan fingerprint density at radius 3 is 2.96 bits per heavy atom. The highest BCUT2D eigenvalue weighted by molar-refractivity contribution is 5.29. The highest BCUT2D eigenvalue weighted by Crippen LogP contribution is 2.31. The number of nitro groups is 1. The monoisotopic (exact) mass is 373 g/mol. The summed E-state index contributed by atoms with van der Waals surface area (Å²) < 4.78 is 13.4. The molecule has 2 aliphatic rings. The molecular formula is C18H23N5O4. The molecule has 2 aromatic rings. The maximum Gasteiger partial charge on any atom is 0.415 e. The molecule has 0 radical (unpaired) electrons. The molecule has 0 amide bonds. The molecule has 3 heterocycles. The molecule has 0 bridgehead atoms. The van der Waals surface area contributed by atoms with Crippen LogP contribution in [0.5, 0.6) is 11.8 Å². The Bertz CT molecular complexity index is 807. The van der Waals surface area contributed by atoms with Crippen molar-refractivity contribution in [1.29, 1.82) is 0 Å². The van der Waals surface area contributed by atoms with Gasteiger partial charge in [0.05, 0.1) is 6.54 Å². The molecule has 0 spiro atoms. The molecule has 1 fully saturated rings. The van der Waals surface area contributed by atoms with Crippen molar-refractivity contribution in [2.24, 2.45) is 0 Å². The van der Waals surface area contributed by atoms with Crippen LogP contribution < -0.4 is 14.8 Å². The van der Waals surface area contributed by atoms with Crippen molar-refractivity contribution in [2.45, 2.75) is 25.6 Å². The van der Waals surface area contributed by atoms with Gasteiger partial charge in [0.15, 0.2) is 5.60 Å². The summed E-state index contributed by atoms with van der Waals surface area (Å²) >= 11 is 0. The van der Waals surface area contributed by atoms with Gasteiger partial charge in [-0.25, -0.2) is 0 Å². The van der Waals surface area contributed by atoms with E-state index < -0.39 is 10.5 Å². The smallest absolute Gasteiger partial charge is 0.415 e. The first-order valence-electron chi connectivity index (χ1n) is 9.06. The summed E-state index contributed by atoms with van der Waals surface area (Å²) in [5, 5.41) is 14.2. The minimum Gasteiger partial charge on any atom is -0.489 e. The third-order valence-electron chi connectivity index (χ3n) is 4.82. The molecular weight excluding hydrogens is 350 g/mol. The van der Waals surface area contributed by atoms with Gasteiger partial charge in [0.25, 0.3) is 0 Å². The Hall–Kier alpha value is -2.65. The Labute approximate surface area is 157 Å². The van der Waals surface area contributed by atoms with Gasteiger partial charge in [-0.1, -0.05) is 12.1 Å². The van der Waals surface area contributed by atoms with Gasteiger partial charge in [0, 0.05) is 37.7 Å². The molecule has 1 aromatic carbocycles. The van der Waals surface area contributed by atoms with Crippen molar-refractivity contribution < 1.29 is 14.4 Å². The van der Waals surface area contributed by atoms with Gasteiger partial charge in [0.2, 0.25) is 0 Å². The third kappa shape index (κ3) is 4.04. The number of imidazole rings is 1. The van der Waals surface area contributed by atoms with E-state index in [2.05, 4.69) is 27.3 Å². The molecule has 9 heteroatoms. The van der Waals surface area contributed by atoms with Crippen LogP contribution in [0.15, 0.2) is 30.5 Å². The number of aromatic nitrogens is 2. The predicted octanol–water partition coefficient (Wildman–Crippen LogP) is 1.43. The lowest BCUT2D eigenvalue weighted by molar-refractivity contribution is -0.389. The van der Waals surface area contributed by atoms with E-state index in [-0.39, 0.29) is 11.8 Å². The van der Waals surface area contributed by atoms with Crippen LogP contribution in [0.25, 0.3) is 0 Å². The largest absolute Gasteiger partial charge is 0.489 e. The molecule has 0 saturated carbocycles. The summed E-state index contributed by atoms with van der Waals surface area (Å²) in [5.74, 6) is 0.594. The number of nitrogens with zero attached hydrogens (tertiary/aromatic N) is 4. The Morgan fingerprint density at radius 1 is 1.41 bits per heavy atom. The van der Waals surface area contributed by atoms with Crippen molar-refractivity contribution in [3.05, 3.63) is 46.1 Å². The van der Waals surface area contributed by atoms with Crippen LogP contribution in [0.2, 0.25) is 0 Å². The standard InChI is InChI=1S/C18H23N5O4/c1-18(12-22-11-16(23(24)25)20-17(22)27-18)13-26-15-4-2-3-14(9-15)10-21-7-5-19-6-8-21/h2-4,9,11,19H,5-8,10,12-13H2,1H3. The average molecular weight is 373 g/mol. The van der Waals surface area contributed by atoms with Gasteiger partial charge in [-0.3, -0.25) is 9.47 Å². The lowest BCUT2D eigenvalue weighted by atomic mass is 10.1. The number of hydrogen-bond donors (Lipinski definition) is 1. The van der Waals surface area contributed by atoms with Crippen LogP contribution in [0, 0.1) is 10.1 Å². The second-order valence-electron chi connectivity index (χ2n) is 7.28. The second-order valence-corrected chi connectivity index (χ2v) is 7.28. The first-order chi connectivity index (χ1) is 13.0. The third-order valence-corrected chi connectivity index (χ3v) is 4.82. The quantitative estimate of drug-likeness (QED) is 0.604. The first kappa shape index (κ1) is 17.7. The Kier molecular flexibility index (Phi) is 4.71. The van der Waals surface area contributed by atoms with E-state index >= 15 is 0 Å². The van der Waals surface area contributed by atoms with Crippen LogP contribution in [-0.4, -0.2) is 57.8 Å². The first-order valence-corrected chi connectivity index (χ1v) is 9.06. The van der Waals surface area contributed by atoms with E-state index in [1.54, 1.807) is 4.57 Å². The normalized spacial score (nSPS) is 22.3.